The van der Waals surface area contributed by atoms with Crippen molar-refractivity contribution < 1.29 is 9.59 Å². The zero-order chi connectivity index (χ0) is 17.1. The lowest BCUT2D eigenvalue weighted by Gasteiger charge is -2.13. The molecule has 8 heteroatoms. The van der Waals surface area contributed by atoms with E-state index in [0.717, 1.165) is 17.4 Å². The SMILES string of the molecule is CCCNC(=O)[C@H](C)NC(=O)CSc1nnc(C2CC2)n1C1CC1. The predicted octanol–water partition coefficient (Wildman–Crippen LogP) is 1.61. The number of hydrogen-bond acceptors (Lipinski definition) is 5. The van der Waals surface area contributed by atoms with Gasteiger partial charge in [-0.2, -0.15) is 0 Å². The molecule has 0 bridgehead atoms. The Labute approximate surface area is 146 Å². The summed E-state index contributed by atoms with van der Waals surface area (Å²) in [4.78, 5) is 23.9. The molecular weight excluding hydrogens is 326 g/mol. The van der Waals surface area contributed by atoms with Crippen molar-refractivity contribution in [3.05, 3.63) is 5.82 Å². The summed E-state index contributed by atoms with van der Waals surface area (Å²) in [6, 6.07) is -0.00659. The van der Waals surface area contributed by atoms with Crippen LogP contribution in [0.25, 0.3) is 0 Å². The Morgan fingerprint density at radius 2 is 2.04 bits per heavy atom. The largest absolute Gasteiger partial charge is 0.354 e. The summed E-state index contributed by atoms with van der Waals surface area (Å²) < 4.78 is 2.23. The first-order valence-electron chi connectivity index (χ1n) is 8.74. The summed E-state index contributed by atoms with van der Waals surface area (Å²) >= 11 is 1.41. The van der Waals surface area contributed by atoms with E-state index < -0.39 is 6.04 Å². The van der Waals surface area contributed by atoms with Crippen molar-refractivity contribution in [1.82, 2.24) is 25.4 Å². The van der Waals surface area contributed by atoms with Crippen LogP contribution in [0.5, 0.6) is 0 Å². The molecule has 2 aliphatic carbocycles. The summed E-state index contributed by atoms with van der Waals surface area (Å²) in [6.07, 6.45) is 5.61. The molecule has 0 radical (unpaired) electrons. The molecule has 0 saturated heterocycles. The average Bonchev–Trinajstić information content (AvgIpc) is 3.49. The van der Waals surface area contributed by atoms with E-state index in [0.29, 0.717) is 18.5 Å². The van der Waals surface area contributed by atoms with E-state index in [4.69, 9.17) is 0 Å². The van der Waals surface area contributed by atoms with Crippen LogP contribution in [-0.4, -0.2) is 44.9 Å². The predicted molar refractivity (Wildman–Crippen MR) is 91.9 cm³/mol. The van der Waals surface area contributed by atoms with Gasteiger partial charge < -0.3 is 15.2 Å². The number of nitrogens with one attached hydrogen (secondary N) is 2. The fourth-order valence-corrected chi connectivity index (χ4v) is 3.39. The highest BCUT2D eigenvalue weighted by Gasteiger charge is 2.36. The number of amides is 2. The van der Waals surface area contributed by atoms with Crippen molar-refractivity contribution in [2.24, 2.45) is 0 Å². The van der Waals surface area contributed by atoms with Crippen LogP contribution in [0, 0.1) is 0 Å². The van der Waals surface area contributed by atoms with Gasteiger partial charge in [-0.15, -0.1) is 10.2 Å². The number of thioether (sulfide) groups is 1. The van der Waals surface area contributed by atoms with Gasteiger partial charge >= 0.3 is 0 Å². The van der Waals surface area contributed by atoms with E-state index in [-0.39, 0.29) is 17.6 Å². The van der Waals surface area contributed by atoms with Crippen LogP contribution in [0.15, 0.2) is 5.16 Å². The number of hydrogen-bond donors (Lipinski definition) is 2. The molecule has 7 nitrogen and oxygen atoms in total. The molecular formula is C16H25N5O2S. The van der Waals surface area contributed by atoms with E-state index in [1.807, 2.05) is 6.92 Å². The minimum atomic E-state index is -0.520. The van der Waals surface area contributed by atoms with Crippen molar-refractivity contribution in [1.29, 1.82) is 0 Å². The third-order valence-corrected chi connectivity index (χ3v) is 5.14. The Morgan fingerprint density at radius 3 is 2.67 bits per heavy atom. The summed E-state index contributed by atoms with van der Waals surface area (Å²) in [7, 11) is 0. The van der Waals surface area contributed by atoms with Crippen LogP contribution < -0.4 is 10.6 Å². The maximum absolute atomic E-state index is 12.1. The van der Waals surface area contributed by atoms with Gasteiger partial charge in [-0.3, -0.25) is 9.59 Å². The van der Waals surface area contributed by atoms with E-state index in [1.54, 1.807) is 6.92 Å². The number of aromatic nitrogens is 3. The lowest BCUT2D eigenvalue weighted by Crippen LogP contribution is -2.45. The molecule has 132 valence electrons. The van der Waals surface area contributed by atoms with E-state index >= 15 is 0 Å². The van der Waals surface area contributed by atoms with E-state index in [9.17, 15) is 9.59 Å². The fourth-order valence-electron chi connectivity index (χ4n) is 2.56. The highest BCUT2D eigenvalue weighted by atomic mass is 32.2. The minimum Gasteiger partial charge on any atom is -0.354 e. The second-order valence-corrected chi connectivity index (χ2v) is 7.53. The van der Waals surface area contributed by atoms with Crippen molar-refractivity contribution in [2.45, 2.75) is 69.1 Å². The summed E-state index contributed by atoms with van der Waals surface area (Å²) in [5, 5.41) is 15.0. The van der Waals surface area contributed by atoms with Crippen molar-refractivity contribution >= 4 is 23.6 Å². The van der Waals surface area contributed by atoms with Crippen LogP contribution in [0.3, 0.4) is 0 Å². The lowest BCUT2D eigenvalue weighted by molar-refractivity contribution is -0.127. The maximum Gasteiger partial charge on any atom is 0.242 e. The molecule has 0 aromatic carbocycles. The van der Waals surface area contributed by atoms with E-state index in [2.05, 4.69) is 25.4 Å². The molecule has 0 aliphatic heterocycles. The molecule has 3 rings (SSSR count). The second kappa shape index (κ2) is 7.55. The molecule has 0 unspecified atom stereocenters. The van der Waals surface area contributed by atoms with Crippen LogP contribution in [-0.2, 0) is 9.59 Å². The molecule has 1 heterocycles. The monoisotopic (exact) mass is 351 g/mol. The Balaban J connectivity index is 1.50. The lowest BCUT2D eigenvalue weighted by atomic mass is 10.3. The molecule has 2 fully saturated rings. The van der Waals surface area contributed by atoms with Gasteiger partial charge in [0.25, 0.3) is 0 Å². The van der Waals surface area contributed by atoms with Gasteiger partial charge in [0.15, 0.2) is 5.16 Å². The van der Waals surface area contributed by atoms with Crippen LogP contribution in [0.2, 0.25) is 0 Å². The summed E-state index contributed by atoms with van der Waals surface area (Å²) in [5.74, 6) is 1.60. The van der Waals surface area contributed by atoms with Crippen molar-refractivity contribution in [3.63, 3.8) is 0 Å². The summed E-state index contributed by atoms with van der Waals surface area (Å²) in [5.41, 5.74) is 0. The molecule has 2 N–H and O–H groups in total. The highest BCUT2D eigenvalue weighted by molar-refractivity contribution is 7.99. The topological polar surface area (TPSA) is 88.9 Å². The Kier molecular flexibility index (Phi) is 5.43. The molecule has 2 saturated carbocycles. The first-order chi connectivity index (χ1) is 11.6. The van der Waals surface area contributed by atoms with Gasteiger partial charge in [0.05, 0.1) is 5.75 Å². The van der Waals surface area contributed by atoms with Crippen LogP contribution >= 0.6 is 11.8 Å². The number of carbonyl (C=O) groups excluding carboxylic acids is 2. The van der Waals surface area contributed by atoms with Gasteiger partial charge in [-0.05, 0) is 39.0 Å². The fraction of sp³-hybridized carbons (Fsp3) is 0.750. The van der Waals surface area contributed by atoms with Gasteiger partial charge in [0.2, 0.25) is 11.8 Å². The first kappa shape index (κ1) is 17.3. The maximum atomic E-state index is 12.1. The van der Waals surface area contributed by atoms with Gasteiger partial charge in [0.1, 0.15) is 11.9 Å². The number of rotatable bonds is 9. The normalized spacial score (nSPS) is 18.2. The Bertz CT molecular complexity index is 610. The van der Waals surface area contributed by atoms with Crippen molar-refractivity contribution in [2.75, 3.05) is 12.3 Å². The van der Waals surface area contributed by atoms with Crippen LogP contribution in [0.4, 0.5) is 0 Å². The molecule has 2 aliphatic rings. The zero-order valence-corrected chi connectivity index (χ0v) is 15.1. The third kappa shape index (κ3) is 4.28. The van der Waals surface area contributed by atoms with Crippen molar-refractivity contribution in [3.8, 4) is 0 Å². The molecule has 1 aromatic heterocycles. The molecule has 1 atom stereocenters. The molecule has 0 spiro atoms. The van der Waals surface area contributed by atoms with E-state index in [1.165, 1.54) is 37.4 Å². The smallest absolute Gasteiger partial charge is 0.242 e. The van der Waals surface area contributed by atoms with Gasteiger partial charge in [0, 0.05) is 18.5 Å². The first-order valence-corrected chi connectivity index (χ1v) is 9.73. The van der Waals surface area contributed by atoms with Gasteiger partial charge in [-0.25, -0.2) is 0 Å². The second-order valence-electron chi connectivity index (χ2n) is 6.59. The van der Waals surface area contributed by atoms with Crippen LogP contribution in [0.1, 0.15) is 63.7 Å². The Hall–Kier alpha value is -1.57. The number of nitrogens with zero attached hydrogens (tertiary/aromatic N) is 3. The average molecular weight is 351 g/mol. The minimum absolute atomic E-state index is 0.146. The summed E-state index contributed by atoms with van der Waals surface area (Å²) in [6.45, 7) is 4.32. The van der Waals surface area contributed by atoms with Gasteiger partial charge in [-0.1, -0.05) is 18.7 Å². The standard InChI is InChI=1S/C16H25N5O2S/c1-3-8-17-15(23)10(2)18-13(22)9-24-16-20-19-14(11-4-5-11)21(16)12-6-7-12/h10-12H,3-9H2,1-2H3,(H,17,23)(H,18,22)/t10-/m0/s1. The number of carbonyl (C=O) groups is 2. The zero-order valence-electron chi connectivity index (χ0n) is 14.2. The molecule has 2 amide bonds. The Morgan fingerprint density at radius 1 is 1.29 bits per heavy atom. The highest BCUT2D eigenvalue weighted by Crippen LogP contribution is 2.45. The molecule has 1 aromatic rings. The molecule has 24 heavy (non-hydrogen) atoms. The third-order valence-electron chi connectivity index (χ3n) is 4.20. The quantitative estimate of drug-likeness (QED) is 0.660.